The van der Waals surface area contributed by atoms with Crippen molar-refractivity contribution in [3.63, 3.8) is 0 Å². The number of benzene rings is 1. The highest BCUT2D eigenvalue weighted by atomic mass is 32.2. The van der Waals surface area contributed by atoms with Crippen LogP contribution in [0.3, 0.4) is 0 Å². The quantitative estimate of drug-likeness (QED) is 0.456. The largest absolute Gasteiger partial charge is 0.301 e. The molecule has 5 rings (SSSR count). The molecule has 0 saturated heterocycles. The summed E-state index contributed by atoms with van der Waals surface area (Å²) in [4.78, 5) is 35.2. The summed E-state index contributed by atoms with van der Waals surface area (Å²) in [6.07, 6.45) is 6.96. The van der Waals surface area contributed by atoms with Gasteiger partial charge in [-0.15, -0.1) is 11.3 Å². The summed E-state index contributed by atoms with van der Waals surface area (Å²) in [5, 5.41) is 5.79. The smallest absolute Gasteiger partial charge is 0.258 e. The van der Waals surface area contributed by atoms with E-state index < -0.39 is 0 Å². The lowest BCUT2D eigenvalue weighted by molar-refractivity contribution is -0.113. The van der Waals surface area contributed by atoms with E-state index in [0.717, 1.165) is 48.9 Å². The molecule has 0 aliphatic heterocycles. The molecule has 1 aromatic carbocycles. The number of fused-ring (bicyclic) bond motifs is 4. The molecule has 0 atom stereocenters. The minimum absolute atomic E-state index is 0.0618. The number of anilines is 1. The van der Waals surface area contributed by atoms with E-state index in [0.29, 0.717) is 16.8 Å². The highest BCUT2D eigenvalue weighted by Gasteiger charge is 2.44. The van der Waals surface area contributed by atoms with Crippen LogP contribution in [0.2, 0.25) is 0 Å². The van der Waals surface area contributed by atoms with Gasteiger partial charge in [-0.25, -0.2) is 9.97 Å². The lowest BCUT2D eigenvalue weighted by Gasteiger charge is -2.36. The molecule has 3 aromatic rings. The van der Waals surface area contributed by atoms with Crippen molar-refractivity contribution in [1.82, 2.24) is 14.5 Å². The summed E-state index contributed by atoms with van der Waals surface area (Å²) in [7, 11) is 0. The number of rotatable bonds is 5. The molecular weight excluding hydrogens is 428 g/mol. The van der Waals surface area contributed by atoms with Gasteiger partial charge in [0.15, 0.2) is 10.3 Å². The Hall–Kier alpha value is -2.45. The van der Waals surface area contributed by atoms with Crippen LogP contribution in [0.5, 0.6) is 0 Å². The molecule has 1 amide bonds. The van der Waals surface area contributed by atoms with Gasteiger partial charge in [0.2, 0.25) is 5.91 Å². The van der Waals surface area contributed by atoms with Crippen LogP contribution in [0.4, 0.5) is 5.13 Å². The summed E-state index contributed by atoms with van der Waals surface area (Å²) in [5.74, 6) is 0.0275. The van der Waals surface area contributed by atoms with E-state index in [1.54, 1.807) is 10.8 Å². The third-order valence-electron chi connectivity index (χ3n) is 6.35. The number of nitrogens with zero attached hydrogens (tertiary/aromatic N) is 3. The zero-order valence-electron chi connectivity index (χ0n) is 17.4. The normalized spacial score (nSPS) is 16.2. The van der Waals surface area contributed by atoms with Gasteiger partial charge >= 0.3 is 0 Å². The Morgan fingerprint density at radius 2 is 2.10 bits per heavy atom. The van der Waals surface area contributed by atoms with Crippen molar-refractivity contribution in [3.05, 3.63) is 57.3 Å². The lowest BCUT2D eigenvalue weighted by Crippen LogP contribution is -2.40. The highest BCUT2D eigenvalue weighted by Crippen LogP contribution is 2.49. The Kier molecular flexibility index (Phi) is 5.44. The molecule has 1 fully saturated rings. The lowest BCUT2D eigenvalue weighted by atomic mass is 9.68. The van der Waals surface area contributed by atoms with Crippen molar-refractivity contribution in [3.8, 4) is 11.3 Å². The first-order valence-electron chi connectivity index (χ1n) is 10.7. The minimum Gasteiger partial charge on any atom is -0.301 e. The fraction of sp³-hybridized carbons (Fsp3) is 0.391. The van der Waals surface area contributed by atoms with Crippen LogP contribution in [0, 0.1) is 0 Å². The van der Waals surface area contributed by atoms with Gasteiger partial charge in [0, 0.05) is 29.1 Å². The molecule has 0 radical (unpaired) electrons. The monoisotopic (exact) mass is 452 g/mol. The second-order valence-electron chi connectivity index (χ2n) is 8.16. The molecule has 0 unspecified atom stereocenters. The summed E-state index contributed by atoms with van der Waals surface area (Å²) in [6.45, 7) is 2.50. The number of thiazole rings is 1. The fourth-order valence-electron chi connectivity index (χ4n) is 5.00. The number of hydrogen-bond acceptors (Lipinski definition) is 6. The van der Waals surface area contributed by atoms with Gasteiger partial charge in [0.1, 0.15) is 0 Å². The first kappa shape index (κ1) is 20.5. The number of carbonyl (C=O) groups is 1. The number of hydrogen-bond donors (Lipinski definition) is 1. The van der Waals surface area contributed by atoms with Crippen molar-refractivity contribution < 1.29 is 4.79 Å². The van der Waals surface area contributed by atoms with Gasteiger partial charge < -0.3 is 5.32 Å². The van der Waals surface area contributed by atoms with Gasteiger partial charge in [-0.1, -0.05) is 48.9 Å². The zero-order chi connectivity index (χ0) is 21.4. The Labute approximate surface area is 189 Å². The van der Waals surface area contributed by atoms with Gasteiger partial charge in [0.05, 0.1) is 17.0 Å². The van der Waals surface area contributed by atoms with Gasteiger partial charge in [-0.05, 0) is 31.7 Å². The molecule has 1 saturated carbocycles. The van der Waals surface area contributed by atoms with Crippen LogP contribution in [-0.2, 0) is 23.2 Å². The second-order valence-corrected chi connectivity index (χ2v) is 10.00. The molecule has 6 nitrogen and oxygen atoms in total. The standard InChI is InChI=1S/C23H24N4O2S2/c1-2-27-20(29)18-19(26-22(27)31-14-17(28)25-21-24-11-12-30-21)16-8-4-3-7-15(16)13-23(18)9-5-6-10-23/h3-4,7-8,11-12H,2,5-6,9-10,13-14H2,1H3,(H,24,25,28). The number of nitrogens with one attached hydrogen (secondary N) is 1. The van der Waals surface area contributed by atoms with E-state index >= 15 is 0 Å². The van der Waals surface area contributed by atoms with Crippen molar-refractivity contribution in [2.24, 2.45) is 0 Å². The van der Waals surface area contributed by atoms with Crippen molar-refractivity contribution in [2.45, 2.75) is 56.1 Å². The Morgan fingerprint density at radius 1 is 1.29 bits per heavy atom. The van der Waals surface area contributed by atoms with Crippen LogP contribution >= 0.6 is 23.1 Å². The van der Waals surface area contributed by atoms with Gasteiger partial charge in [-0.3, -0.25) is 14.2 Å². The van der Waals surface area contributed by atoms with Crippen LogP contribution in [0.1, 0.15) is 43.7 Å². The maximum absolute atomic E-state index is 13.7. The number of amides is 1. The molecule has 1 spiro atoms. The highest BCUT2D eigenvalue weighted by molar-refractivity contribution is 7.99. The van der Waals surface area contributed by atoms with Gasteiger partial charge in [-0.2, -0.15) is 0 Å². The van der Waals surface area contributed by atoms with E-state index in [-0.39, 0.29) is 22.6 Å². The summed E-state index contributed by atoms with van der Waals surface area (Å²) >= 11 is 2.69. The molecule has 1 N–H and O–H groups in total. The predicted octanol–water partition coefficient (Wildman–Crippen LogP) is 4.49. The van der Waals surface area contributed by atoms with Crippen LogP contribution in [0.15, 0.2) is 45.8 Å². The number of carbonyl (C=O) groups excluding carboxylic acids is 1. The molecule has 2 aliphatic carbocycles. The molecule has 8 heteroatoms. The third kappa shape index (κ3) is 3.61. The Balaban J connectivity index is 1.55. The van der Waals surface area contributed by atoms with Crippen LogP contribution in [-0.4, -0.2) is 26.2 Å². The molecule has 31 heavy (non-hydrogen) atoms. The number of aromatic nitrogens is 3. The topological polar surface area (TPSA) is 76.9 Å². The molecule has 2 heterocycles. The third-order valence-corrected chi connectivity index (χ3v) is 8.02. The predicted molar refractivity (Wildman–Crippen MR) is 125 cm³/mol. The molecule has 2 aromatic heterocycles. The summed E-state index contributed by atoms with van der Waals surface area (Å²) < 4.78 is 1.74. The second kappa shape index (κ2) is 8.24. The fourth-order valence-corrected chi connectivity index (χ4v) is 6.41. The number of thioether (sulfide) groups is 1. The SMILES string of the molecule is CCn1c(SCC(=O)Nc2nccs2)nc2c(c1=O)C1(CCCC1)Cc1ccccc1-2. The maximum Gasteiger partial charge on any atom is 0.258 e. The van der Waals surface area contributed by atoms with Gasteiger partial charge in [0.25, 0.3) is 5.56 Å². The van der Waals surface area contributed by atoms with Crippen LogP contribution < -0.4 is 10.9 Å². The minimum atomic E-state index is -0.151. The average Bonchev–Trinajstić information content (AvgIpc) is 3.45. The van der Waals surface area contributed by atoms with E-state index in [1.807, 2.05) is 18.4 Å². The first-order valence-corrected chi connectivity index (χ1v) is 12.5. The van der Waals surface area contributed by atoms with E-state index in [1.165, 1.54) is 28.7 Å². The van der Waals surface area contributed by atoms with E-state index in [2.05, 4.69) is 28.5 Å². The average molecular weight is 453 g/mol. The van der Waals surface area contributed by atoms with Crippen molar-refractivity contribution in [2.75, 3.05) is 11.1 Å². The van der Waals surface area contributed by atoms with E-state index in [4.69, 9.17) is 4.98 Å². The molecule has 160 valence electrons. The summed E-state index contributed by atoms with van der Waals surface area (Å²) in [5.41, 5.74) is 4.01. The molecule has 0 bridgehead atoms. The maximum atomic E-state index is 13.7. The zero-order valence-corrected chi connectivity index (χ0v) is 19.0. The Bertz CT molecular complexity index is 1180. The molecular formula is C23H24N4O2S2. The van der Waals surface area contributed by atoms with E-state index in [9.17, 15) is 9.59 Å². The van der Waals surface area contributed by atoms with Crippen LogP contribution in [0.25, 0.3) is 11.3 Å². The van der Waals surface area contributed by atoms with Crippen molar-refractivity contribution >= 4 is 34.1 Å². The summed E-state index contributed by atoms with van der Waals surface area (Å²) in [6, 6.07) is 8.32. The Morgan fingerprint density at radius 3 is 2.84 bits per heavy atom. The van der Waals surface area contributed by atoms with Crippen molar-refractivity contribution in [1.29, 1.82) is 0 Å². The first-order chi connectivity index (χ1) is 15.1. The molecule has 2 aliphatic rings.